The number of fused-ring (bicyclic) bond motifs is 3. The van der Waals surface area contributed by atoms with Gasteiger partial charge in [-0.25, -0.2) is 4.79 Å². The molecule has 3 N–H and O–H groups in total. The topological polar surface area (TPSA) is 105 Å². The van der Waals surface area contributed by atoms with Crippen molar-refractivity contribution in [3.05, 3.63) is 59.7 Å². The van der Waals surface area contributed by atoms with Crippen molar-refractivity contribution in [2.45, 2.75) is 58.9 Å². The van der Waals surface area contributed by atoms with E-state index in [-0.39, 0.29) is 25.0 Å². The molecular weight excluding hydrogens is 444 g/mol. The molecule has 0 spiro atoms. The van der Waals surface area contributed by atoms with Gasteiger partial charge in [-0.05, 0) is 41.0 Å². The van der Waals surface area contributed by atoms with E-state index in [0.717, 1.165) is 22.3 Å². The molecule has 188 valence electrons. The highest BCUT2D eigenvalue weighted by Gasteiger charge is 2.37. The van der Waals surface area contributed by atoms with Gasteiger partial charge in [-0.2, -0.15) is 0 Å². The van der Waals surface area contributed by atoms with Crippen LogP contribution >= 0.6 is 0 Å². The average Bonchev–Trinajstić information content (AvgIpc) is 3.19. The third-order valence-corrected chi connectivity index (χ3v) is 7.52. The van der Waals surface area contributed by atoms with Crippen molar-refractivity contribution < 1.29 is 24.2 Å². The van der Waals surface area contributed by atoms with Crippen LogP contribution in [0.2, 0.25) is 0 Å². The Bertz CT molecular complexity index is 1020. The molecule has 0 fully saturated rings. The fourth-order valence-electron chi connectivity index (χ4n) is 4.71. The molecule has 0 bridgehead atoms. The summed E-state index contributed by atoms with van der Waals surface area (Å²) in [6.07, 6.45) is 0.788. The van der Waals surface area contributed by atoms with Gasteiger partial charge in [0.2, 0.25) is 5.91 Å². The van der Waals surface area contributed by atoms with Crippen LogP contribution in [-0.2, 0) is 14.3 Å². The van der Waals surface area contributed by atoms with Gasteiger partial charge in [0.15, 0.2) is 0 Å². The summed E-state index contributed by atoms with van der Waals surface area (Å²) in [4.78, 5) is 37.5. The third-order valence-electron chi connectivity index (χ3n) is 7.52. The van der Waals surface area contributed by atoms with Crippen LogP contribution in [0.5, 0.6) is 0 Å². The minimum Gasteiger partial charge on any atom is -0.481 e. The second kappa shape index (κ2) is 11.4. The number of alkyl carbamates (subject to hydrolysis) is 1. The number of benzene rings is 2. The van der Waals surface area contributed by atoms with Crippen LogP contribution in [0.4, 0.5) is 4.79 Å². The van der Waals surface area contributed by atoms with Crippen LogP contribution < -0.4 is 10.6 Å². The molecule has 35 heavy (non-hydrogen) atoms. The molecule has 0 radical (unpaired) electrons. The van der Waals surface area contributed by atoms with Crippen LogP contribution in [0.3, 0.4) is 0 Å². The lowest BCUT2D eigenvalue weighted by Crippen LogP contribution is -2.53. The normalized spacial score (nSPS) is 14.4. The molecule has 0 heterocycles. The monoisotopic (exact) mass is 480 g/mol. The quantitative estimate of drug-likeness (QED) is 0.422. The molecule has 3 rings (SSSR count). The van der Waals surface area contributed by atoms with Crippen LogP contribution in [0.25, 0.3) is 11.1 Å². The van der Waals surface area contributed by atoms with E-state index in [0.29, 0.717) is 19.3 Å². The summed E-state index contributed by atoms with van der Waals surface area (Å²) in [6, 6.07) is 15.4. The van der Waals surface area contributed by atoms with E-state index in [1.807, 2.05) is 50.2 Å². The number of carbonyl (C=O) groups is 3. The number of rotatable bonds is 11. The lowest BCUT2D eigenvalue weighted by atomic mass is 9.82. The Balaban J connectivity index is 1.66. The predicted octanol–water partition coefficient (Wildman–Crippen LogP) is 4.95. The summed E-state index contributed by atoms with van der Waals surface area (Å²) >= 11 is 0. The minimum atomic E-state index is -1.03. The molecule has 1 aliphatic rings. The highest BCUT2D eigenvalue weighted by Crippen LogP contribution is 2.44. The highest BCUT2D eigenvalue weighted by molar-refractivity contribution is 5.87. The van der Waals surface area contributed by atoms with Crippen LogP contribution in [0, 0.1) is 11.3 Å². The maximum Gasteiger partial charge on any atom is 0.407 e. The van der Waals surface area contributed by atoms with E-state index in [9.17, 15) is 19.5 Å². The van der Waals surface area contributed by atoms with Crippen molar-refractivity contribution in [1.29, 1.82) is 0 Å². The van der Waals surface area contributed by atoms with E-state index in [2.05, 4.69) is 22.8 Å². The zero-order valence-corrected chi connectivity index (χ0v) is 21.0. The Morgan fingerprint density at radius 3 is 2.00 bits per heavy atom. The van der Waals surface area contributed by atoms with Gasteiger partial charge < -0.3 is 20.5 Å². The van der Waals surface area contributed by atoms with Crippen molar-refractivity contribution in [3.63, 3.8) is 0 Å². The lowest BCUT2D eigenvalue weighted by Gasteiger charge is -2.29. The van der Waals surface area contributed by atoms with Crippen LogP contribution in [0.1, 0.15) is 64.0 Å². The number of hydrogen-bond acceptors (Lipinski definition) is 4. The summed E-state index contributed by atoms with van der Waals surface area (Å²) < 4.78 is 5.62. The van der Waals surface area contributed by atoms with Gasteiger partial charge in [-0.1, -0.05) is 82.6 Å². The lowest BCUT2D eigenvalue weighted by molar-refractivity contribution is -0.149. The second-order valence-corrected chi connectivity index (χ2v) is 9.34. The van der Waals surface area contributed by atoms with Gasteiger partial charge in [0.1, 0.15) is 12.6 Å². The SMILES string of the molecule is CC[C@H](C)[C@H](NC(=O)OCC1c2ccccc2-c2ccccc21)C(=O)NCC(CC)(CC)C(=O)O. The number of carboxylic acids is 1. The van der Waals surface area contributed by atoms with E-state index in [1.165, 1.54) is 0 Å². The zero-order valence-electron chi connectivity index (χ0n) is 21.0. The zero-order chi connectivity index (χ0) is 25.6. The fourth-order valence-corrected chi connectivity index (χ4v) is 4.71. The summed E-state index contributed by atoms with van der Waals surface area (Å²) in [5.74, 6) is -1.57. The molecule has 2 atom stereocenters. The average molecular weight is 481 g/mol. The van der Waals surface area contributed by atoms with Crippen molar-refractivity contribution >= 4 is 18.0 Å². The van der Waals surface area contributed by atoms with Crippen LogP contribution in [0.15, 0.2) is 48.5 Å². The summed E-state index contributed by atoms with van der Waals surface area (Å²) in [5, 5.41) is 15.1. The van der Waals surface area contributed by atoms with Gasteiger partial charge in [0.05, 0.1) is 5.41 Å². The minimum absolute atomic E-state index is 0.00741. The first kappa shape index (κ1) is 26.3. The molecule has 2 amide bonds. The summed E-state index contributed by atoms with van der Waals surface area (Å²) in [5.41, 5.74) is 3.48. The second-order valence-electron chi connectivity index (χ2n) is 9.34. The molecule has 2 aromatic rings. The van der Waals surface area contributed by atoms with E-state index < -0.39 is 29.4 Å². The number of amides is 2. The first-order valence-corrected chi connectivity index (χ1v) is 12.4. The van der Waals surface area contributed by atoms with Gasteiger partial charge >= 0.3 is 12.1 Å². The highest BCUT2D eigenvalue weighted by atomic mass is 16.5. The third kappa shape index (κ3) is 5.50. The Hall–Kier alpha value is -3.35. The molecule has 0 unspecified atom stereocenters. The smallest absolute Gasteiger partial charge is 0.407 e. The van der Waals surface area contributed by atoms with Crippen molar-refractivity contribution in [3.8, 4) is 11.1 Å². The maximum atomic E-state index is 13.0. The standard InChI is InChI=1S/C28H36N2O5/c1-5-18(4)24(25(31)29-17-28(6-2,7-3)26(32)33)30-27(34)35-16-23-21-14-10-8-12-19(21)20-13-9-11-15-22(20)23/h8-15,18,23-24H,5-7,16-17H2,1-4H3,(H,29,31)(H,30,34)(H,32,33)/t18-,24-/m0/s1. The molecule has 2 aromatic carbocycles. The van der Waals surface area contributed by atoms with Crippen LogP contribution in [-0.4, -0.2) is 42.3 Å². The summed E-state index contributed by atoms with van der Waals surface area (Å²) in [7, 11) is 0. The van der Waals surface area contributed by atoms with Gasteiger partial charge in [-0.15, -0.1) is 0 Å². The molecular formula is C28H36N2O5. The number of carbonyl (C=O) groups excluding carboxylic acids is 2. The van der Waals surface area contributed by atoms with Gasteiger partial charge in [-0.3, -0.25) is 9.59 Å². The van der Waals surface area contributed by atoms with E-state index >= 15 is 0 Å². The van der Waals surface area contributed by atoms with E-state index in [4.69, 9.17) is 4.74 Å². The first-order valence-electron chi connectivity index (χ1n) is 12.4. The van der Waals surface area contributed by atoms with Crippen molar-refractivity contribution in [1.82, 2.24) is 10.6 Å². The molecule has 0 aromatic heterocycles. The Labute approximate surface area is 207 Å². The predicted molar refractivity (Wildman–Crippen MR) is 135 cm³/mol. The number of aliphatic carboxylic acids is 1. The first-order chi connectivity index (χ1) is 16.8. The summed E-state index contributed by atoms with van der Waals surface area (Å²) in [6.45, 7) is 7.56. The van der Waals surface area contributed by atoms with Crippen molar-refractivity contribution in [2.75, 3.05) is 13.2 Å². The fraction of sp³-hybridized carbons (Fsp3) is 0.464. The Kier molecular flexibility index (Phi) is 8.54. The van der Waals surface area contributed by atoms with Crippen molar-refractivity contribution in [2.24, 2.45) is 11.3 Å². The number of ether oxygens (including phenoxy) is 1. The molecule has 0 saturated heterocycles. The Morgan fingerprint density at radius 2 is 1.51 bits per heavy atom. The number of carboxylic acid groups (broad SMARTS) is 1. The molecule has 0 saturated carbocycles. The molecule has 0 aliphatic heterocycles. The maximum absolute atomic E-state index is 13.0. The Morgan fingerprint density at radius 1 is 0.971 bits per heavy atom. The number of hydrogen-bond donors (Lipinski definition) is 3. The van der Waals surface area contributed by atoms with Gasteiger partial charge in [0.25, 0.3) is 0 Å². The van der Waals surface area contributed by atoms with Gasteiger partial charge in [0, 0.05) is 12.5 Å². The molecule has 7 nitrogen and oxygen atoms in total. The number of nitrogens with one attached hydrogen (secondary N) is 2. The molecule has 7 heteroatoms. The largest absolute Gasteiger partial charge is 0.481 e. The van der Waals surface area contributed by atoms with E-state index in [1.54, 1.807) is 13.8 Å². The molecule has 1 aliphatic carbocycles.